The van der Waals surface area contributed by atoms with Crippen LogP contribution in [0.1, 0.15) is 16.1 Å². The Kier molecular flexibility index (Phi) is 3.34. The van der Waals surface area contributed by atoms with Crippen LogP contribution in [0.5, 0.6) is 0 Å². The third-order valence-electron chi connectivity index (χ3n) is 2.28. The summed E-state index contributed by atoms with van der Waals surface area (Å²) in [4.78, 5) is 16.0. The Morgan fingerprint density at radius 3 is 2.68 bits per heavy atom. The SMILES string of the molecule is Cc1onc(-c2ccccn2)c1C(=O)NS(C)(=O)=O. The van der Waals surface area contributed by atoms with Crippen molar-refractivity contribution in [2.75, 3.05) is 6.26 Å². The predicted molar refractivity (Wildman–Crippen MR) is 66.8 cm³/mol. The molecule has 0 aliphatic heterocycles. The summed E-state index contributed by atoms with van der Waals surface area (Å²) in [5.41, 5.74) is 0.696. The van der Waals surface area contributed by atoms with Crippen molar-refractivity contribution in [3.63, 3.8) is 0 Å². The Labute approximate surface area is 109 Å². The zero-order chi connectivity index (χ0) is 14.0. The van der Waals surface area contributed by atoms with Gasteiger partial charge in [0.05, 0.1) is 11.9 Å². The van der Waals surface area contributed by atoms with Gasteiger partial charge in [0.25, 0.3) is 5.91 Å². The molecule has 100 valence electrons. The summed E-state index contributed by atoms with van der Waals surface area (Å²) in [6.45, 7) is 1.52. The highest BCUT2D eigenvalue weighted by molar-refractivity contribution is 7.89. The number of aryl methyl sites for hydroxylation is 1. The summed E-state index contributed by atoms with van der Waals surface area (Å²) in [6, 6.07) is 5.09. The van der Waals surface area contributed by atoms with Gasteiger partial charge in [0.1, 0.15) is 17.0 Å². The number of nitrogens with zero attached hydrogens (tertiary/aromatic N) is 2. The Hall–Kier alpha value is -2.22. The first-order valence-electron chi connectivity index (χ1n) is 5.28. The second-order valence-corrected chi connectivity index (χ2v) is 5.63. The van der Waals surface area contributed by atoms with Gasteiger partial charge in [-0.25, -0.2) is 13.1 Å². The lowest BCUT2D eigenvalue weighted by Crippen LogP contribution is -2.29. The molecule has 2 rings (SSSR count). The van der Waals surface area contributed by atoms with Crippen molar-refractivity contribution < 1.29 is 17.7 Å². The van der Waals surface area contributed by atoms with Gasteiger partial charge in [0.15, 0.2) is 0 Å². The molecule has 0 atom stereocenters. The summed E-state index contributed by atoms with van der Waals surface area (Å²) < 4.78 is 29.0. The highest BCUT2D eigenvalue weighted by atomic mass is 32.2. The molecule has 0 aliphatic carbocycles. The quantitative estimate of drug-likeness (QED) is 0.890. The highest BCUT2D eigenvalue weighted by Gasteiger charge is 2.24. The zero-order valence-electron chi connectivity index (χ0n) is 10.2. The van der Waals surface area contributed by atoms with Gasteiger partial charge in [-0.2, -0.15) is 0 Å². The monoisotopic (exact) mass is 281 g/mol. The van der Waals surface area contributed by atoms with E-state index in [-0.39, 0.29) is 17.0 Å². The first-order valence-corrected chi connectivity index (χ1v) is 7.17. The van der Waals surface area contributed by atoms with Gasteiger partial charge < -0.3 is 4.52 Å². The van der Waals surface area contributed by atoms with Crippen molar-refractivity contribution in [2.45, 2.75) is 6.92 Å². The normalized spacial score (nSPS) is 11.3. The maximum atomic E-state index is 11.9. The lowest BCUT2D eigenvalue weighted by Gasteiger charge is -2.02. The van der Waals surface area contributed by atoms with Crippen LogP contribution >= 0.6 is 0 Å². The van der Waals surface area contributed by atoms with Crippen LogP contribution in [0.25, 0.3) is 11.4 Å². The summed E-state index contributed by atoms with van der Waals surface area (Å²) in [6.07, 6.45) is 2.44. The van der Waals surface area contributed by atoms with E-state index in [4.69, 9.17) is 4.52 Å². The second kappa shape index (κ2) is 4.81. The standard InChI is InChI=1S/C11H11N3O4S/c1-7-9(11(15)14-19(2,16)17)10(13-18-7)8-5-3-4-6-12-8/h3-6H,1-2H3,(H,14,15). The molecule has 0 unspecified atom stereocenters. The zero-order valence-corrected chi connectivity index (χ0v) is 11.1. The molecule has 0 aliphatic rings. The number of hydrogen-bond acceptors (Lipinski definition) is 6. The molecule has 2 aromatic rings. The molecular formula is C11H11N3O4S. The molecule has 19 heavy (non-hydrogen) atoms. The van der Waals surface area contributed by atoms with E-state index < -0.39 is 15.9 Å². The van der Waals surface area contributed by atoms with Crippen molar-refractivity contribution in [3.8, 4) is 11.4 Å². The number of hydrogen-bond donors (Lipinski definition) is 1. The van der Waals surface area contributed by atoms with Gasteiger partial charge in [-0.05, 0) is 19.1 Å². The molecule has 0 saturated carbocycles. The Morgan fingerprint density at radius 2 is 2.11 bits per heavy atom. The Morgan fingerprint density at radius 1 is 1.37 bits per heavy atom. The predicted octanol–water partition coefficient (Wildman–Crippen LogP) is 0.734. The minimum Gasteiger partial charge on any atom is -0.360 e. The van der Waals surface area contributed by atoms with Crippen molar-refractivity contribution in [1.29, 1.82) is 0 Å². The van der Waals surface area contributed by atoms with Crippen molar-refractivity contribution in [2.24, 2.45) is 0 Å². The fourth-order valence-electron chi connectivity index (χ4n) is 1.54. The van der Waals surface area contributed by atoms with Gasteiger partial charge in [-0.3, -0.25) is 9.78 Å². The average Bonchev–Trinajstić information content (AvgIpc) is 2.70. The van der Waals surface area contributed by atoms with E-state index in [1.807, 2.05) is 4.72 Å². The van der Waals surface area contributed by atoms with Crippen molar-refractivity contribution in [3.05, 3.63) is 35.7 Å². The van der Waals surface area contributed by atoms with E-state index in [9.17, 15) is 13.2 Å². The molecule has 2 heterocycles. The molecule has 0 aromatic carbocycles. The molecule has 0 bridgehead atoms. The molecule has 7 nitrogen and oxygen atoms in total. The number of rotatable bonds is 3. The summed E-state index contributed by atoms with van der Waals surface area (Å²) >= 11 is 0. The van der Waals surface area contributed by atoms with Crippen LogP contribution in [-0.4, -0.2) is 30.7 Å². The highest BCUT2D eigenvalue weighted by Crippen LogP contribution is 2.23. The van der Waals surface area contributed by atoms with Crippen LogP contribution in [0.3, 0.4) is 0 Å². The van der Waals surface area contributed by atoms with Gasteiger partial charge in [-0.1, -0.05) is 11.2 Å². The lowest BCUT2D eigenvalue weighted by molar-refractivity contribution is 0.0980. The fraction of sp³-hybridized carbons (Fsp3) is 0.182. The third kappa shape index (κ3) is 2.97. The van der Waals surface area contributed by atoms with E-state index >= 15 is 0 Å². The first-order chi connectivity index (χ1) is 8.88. The maximum absolute atomic E-state index is 11.9. The van der Waals surface area contributed by atoms with E-state index in [2.05, 4.69) is 10.1 Å². The first kappa shape index (κ1) is 13.2. The van der Waals surface area contributed by atoms with Gasteiger partial charge >= 0.3 is 0 Å². The Bertz CT molecular complexity index is 707. The Balaban J connectivity index is 2.47. The summed E-state index contributed by atoms with van der Waals surface area (Å²) in [5.74, 6) is -0.566. The number of pyridine rings is 1. The molecule has 8 heteroatoms. The largest absolute Gasteiger partial charge is 0.360 e. The molecule has 2 aromatic heterocycles. The van der Waals surface area contributed by atoms with Crippen LogP contribution in [0.15, 0.2) is 28.9 Å². The molecule has 0 fully saturated rings. The topological polar surface area (TPSA) is 102 Å². The van der Waals surface area contributed by atoms with Crippen LogP contribution in [0, 0.1) is 6.92 Å². The van der Waals surface area contributed by atoms with E-state index in [0.29, 0.717) is 5.69 Å². The van der Waals surface area contributed by atoms with Gasteiger partial charge in [-0.15, -0.1) is 0 Å². The molecule has 1 N–H and O–H groups in total. The fourth-order valence-corrected chi connectivity index (χ4v) is 1.98. The van der Waals surface area contributed by atoms with E-state index in [1.54, 1.807) is 18.2 Å². The number of carbonyl (C=O) groups excluding carboxylic acids is 1. The molecule has 0 saturated heterocycles. The number of aromatic nitrogens is 2. The van der Waals surface area contributed by atoms with Crippen molar-refractivity contribution in [1.82, 2.24) is 14.9 Å². The molecular weight excluding hydrogens is 270 g/mol. The minimum atomic E-state index is -3.65. The van der Waals surface area contributed by atoms with Gasteiger partial charge in [0, 0.05) is 6.20 Å². The van der Waals surface area contributed by atoms with E-state index in [1.165, 1.54) is 13.1 Å². The van der Waals surface area contributed by atoms with Crippen LogP contribution in [0.4, 0.5) is 0 Å². The number of nitrogens with one attached hydrogen (secondary N) is 1. The summed E-state index contributed by atoms with van der Waals surface area (Å²) in [7, 11) is -3.65. The van der Waals surface area contributed by atoms with Crippen LogP contribution < -0.4 is 4.72 Å². The maximum Gasteiger partial charge on any atom is 0.270 e. The second-order valence-electron chi connectivity index (χ2n) is 3.88. The molecule has 0 spiro atoms. The third-order valence-corrected chi connectivity index (χ3v) is 2.83. The smallest absolute Gasteiger partial charge is 0.270 e. The van der Waals surface area contributed by atoms with E-state index in [0.717, 1.165) is 6.26 Å². The summed E-state index contributed by atoms with van der Waals surface area (Å²) in [5, 5.41) is 3.74. The van der Waals surface area contributed by atoms with Gasteiger partial charge in [0.2, 0.25) is 10.0 Å². The number of amides is 1. The average molecular weight is 281 g/mol. The lowest BCUT2D eigenvalue weighted by atomic mass is 10.1. The minimum absolute atomic E-state index is 0.0594. The van der Waals surface area contributed by atoms with Crippen LogP contribution in [-0.2, 0) is 10.0 Å². The number of carbonyl (C=O) groups is 1. The van der Waals surface area contributed by atoms with Crippen LogP contribution in [0.2, 0.25) is 0 Å². The van der Waals surface area contributed by atoms with Crippen molar-refractivity contribution >= 4 is 15.9 Å². The molecule has 0 radical (unpaired) electrons. The molecule has 1 amide bonds. The number of sulfonamides is 1.